The minimum absolute atomic E-state index is 0.0332. The van der Waals surface area contributed by atoms with Gasteiger partial charge in [-0.3, -0.25) is 9.59 Å². The molecule has 1 aliphatic carbocycles. The van der Waals surface area contributed by atoms with Crippen LogP contribution in [0.1, 0.15) is 12.8 Å². The van der Waals surface area contributed by atoms with Gasteiger partial charge >= 0.3 is 0 Å². The highest BCUT2D eigenvalue weighted by Crippen LogP contribution is 2.38. The van der Waals surface area contributed by atoms with E-state index >= 15 is 0 Å². The van der Waals surface area contributed by atoms with E-state index in [-0.39, 0.29) is 33.6 Å². The van der Waals surface area contributed by atoms with Gasteiger partial charge in [0.15, 0.2) is 12.1 Å². The summed E-state index contributed by atoms with van der Waals surface area (Å²) in [6.45, 7) is 0. The summed E-state index contributed by atoms with van der Waals surface area (Å²) < 4.78 is 5.40. The van der Waals surface area contributed by atoms with Crippen LogP contribution < -0.4 is 0 Å². The molecule has 3 nitrogen and oxygen atoms in total. The number of Topliss-reactive ketones (excluding diaryl/α,β-unsaturated/α-hetero) is 1. The third kappa shape index (κ3) is 1.97. The molecular weight excluding hydrogens is 283 g/mol. The van der Waals surface area contributed by atoms with Gasteiger partial charge in [0.05, 0.1) is 22.6 Å². The van der Waals surface area contributed by atoms with Gasteiger partial charge in [0.1, 0.15) is 6.10 Å². The summed E-state index contributed by atoms with van der Waals surface area (Å²) in [5.41, 5.74) is 0.113. The van der Waals surface area contributed by atoms with E-state index in [9.17, 15) is 9.59 Å². The molecule has 5 heteroatoms. The summed E-state index contributed by atoms with van der Waals surface area (Å²) in [5, 5.41) is -0.0332. The third-order valence-electron chi connectivity index (χ3n) is 2.84. The number of carbonyl (C=O) groups is 2. The molecule has 2 aliphatic rings. The van der Waals surface area contributed by atoms with Crippen LogP contribution in [-0.2, 0) is 14.3 Å². The Hall–Kier alpha value is -0.350. The zero-order chi connectivity index (χ0) is 11.0. The minimum atomic E-state index is -0.282. The van der Waals surface area contributed by atoms with Crippen LogP contribution in [0.4, 0.5) is 0 Å². The number of alkyl halides is 2. The summed E-state index contributed by atoms with van der Waals surface area (Å²) in [6.07, 6.45) is 2.98. The molecule has 0 radical (unpaired) electrons. The molecule has 0 aromatic heterocycles. The number of fused-ring (bicyclic) bond motifs is 1. The van der Waals surface area contributed by atoms with E-state index in [0.717, 1.165) is 6.42 Å². The third-order valence-corrected chi connectivity index (χ3v) is 4.10. The van der Waals surface area contributed by atoms with Crippen molar-refractivity contribution in [2.45, 2.75) is 29.1 Å². The van der Waals surface area contributed by atoms with E-state index in [1.54, 1.807) is 0 Å². The van der Waals surface area contributed by atoms with Crippen LogP contribution in [0, 0.1) is 5.92 Å². The number of allylic oxidation sites excluding steroid dienone is 1. The summed E-state index contributed by atoms with van der Waals surface area (Å²) in [7, 11) is 0. The highest BCUT2D eigenvalue weighted by Gasteiger charge is 2.44. The van der Waals surface area contributed by atoms with Crippen LogP contribution in [0.15, 0.2) is 11.8 Å². The van der Waals surface area contributed by atoms with Crippen molar-refractivity contribution in [3.8, 4) is 0 Å². The summed E-state index contributed by atoms with van der Waals surface area (Å²) >= 11 is 9.50. The normalized spacial score (nSPS) is 40.1. The second-order valence-electron chi connectivity index (χ2n) is 3.85. The lowest BCUT2D eigenvalue weighted by Crippen LogP contribution is -2.46. The van der Waals surface area contributed by atoms with E-state index in [4.69, 9.17) is 16.3 Å². The summed E-state index contributed by atoms with van der Waals surface area (Å²) in [6, 6.07) is 0. The molecule has 0 saturated heterocycles. The van der Waals surface area contributed by atoms with Crippen LogP contribution >= 0.6 is 27.5 Å². The van der Waals surface area contributed by atoms with Gasteiger partial charge in [-0.25, -0.2) is 0 Å². The molecule has 0 N–H and O–H groups in total. The lowest BCUT2D eigenvalue weighted by Gasteiger charge is -2.38. The predicted octanol–water partition coefficient (Wildman–Crippen LogP) is 1.82. The van der Waals surface area contributed by atoms with E-state index in [1.807, 2.05) is 0 Å². The average Bonchev–Trinajstić information content (AvgIpc) is 2.19. The Morgan fingerprint density at radius 1 is 1.53 bits per heavy atom. The van der Waals surface area contributed by atoms with E-state index in [1.165, 1.54) is 6.26 Å². The zero-order valence-electron chi connectivity index (χ0n) is 7.86. The SMILES string of the molecule is O=CC1=COC2C(Br)CC(Cl)CC2C1=O. The van der Waals surface area contributed by atoms with Crippen LogP contribution in [-0.4, -0.2) is 28.4 Å². The first-order valence-electron chi connectivity index (χ1n) is 4.76. The molecule has 0 aromatic rings. The quantitative estimate of drug-likeness (QED) is 0.421. The summed E-state index contributed by atoms with van der Waals surface area (Å²) in [5.74, 6) is -0.424. The fourth-order valence-electron chi connectivity index (χ4n) is 2.08. The van der Waals surface area contributed by atoms with Gasteiger partial charge in [-0.1, -0.05) is 15.9 Å². The highest BCUT2D eigenvalue weighted by molar-refractivity contribution is 9.09. The molecule has 0 spiro atoms. The van der Waals surface area contributed by atoms with Gasteiger partial charge in [0.2, 0.25) is 0 Å². The fourth-order valence-corrected chi connectivity index (χ4v) is 3.63. The number of carbonyl (C=O) groups excluding carboxylic acids is 2. The van der Waals surface area contributed by atoms with E-state index in [0.29, 0.717) is 12.7 Å². The van der Waals surface area contributed by atoms with Crippen LogP contribution in [0.3, 0.4) is 0 Å². The van der Waals surface area contributed by atoms with Gasteiger partial charge in [-0.2, -0.15) is 0 Å². The Balaban J connectivity index is 2.25. The summed E-state index contributed by atoms with van der Waals surface area (Å²) in [4.78, 5) is 22.5. The Morgan fingerprint density at radius 2 is 2.27 bits per heavy atom. The maximum Gasteiger partial charge on any atom is 0.176 e. The van der Waals surface area contributed by atoms with Crippen molar-refractivity contribution >= 4 is 39.6 Å². The Kier molecular flexibility index (Phi) is 3.16. The number of aldehydes is 1. The van der Waals surface area contributed by atoms with Crippen LogP contribution in [0.25, 0.3) is 0 Å². The van der Waals surface area contributed by atoms with E-state index < -0.39 is 0 Å². The molecule has 1 saturated carbocycles. The average molecular weight is 294 g/mol. The molecule has 1 aliphatic heterocycles. The molecule has 4 atom stereocenters. The molecule has 0 amide bonds. The number of ether oxygens (including phenoxy) is 1. The lowest BCUT2D eigenvalue weighted by atomic mass is 9.80. The fraction of sp³-hybridized carbons (Fsp3) is 0.600. The molecule has 1 fully saturated rings. The van der Waals surface area contributed by atoms with Gasteiger partial charge in [0.25, 0.3) is 0 Å². The minimum Gasteiger partial charge on any atom is -0.495 e. The second kappa shape index (κ2) is 4.26. The largest absolute Gasteiger partial charge is 0.495 e. The van der Waals surface area contributed by atoms with Crippen molar-refractivity contribution in [1.82, 2.24) is 0 Å². The van der Waals surface area contributed by atoms with Crippen molar-refractivity contribution < 1.29 is 14.3 Å². The highest BCUT2D eigenvalue weighted by atomic mass is 79.9. The molecule has 4 unspecified atom stereocenters. The molecule has 82 valence electrons. The Bertz CT molecular complexity index is 329. The first kappa shape index (κ1) is 11.1. The monoisotopic (exact) mass is 292 g/mol. The molecule has 2 rings (SSSR count). The number of hydrogen-bond acceptors (Lipinski definition) is 3. The second-order valence-corrected chi connectivity index (χ2v) is 5.64. The first-order chi connectivity index (χ1) is 7.13. The van der Waals surface area contributed by atoms with Gasteiger partial charge < -0.3 is 4.74 Å². The molecule has 0 bridgehead atoms. The van der Waals surface area contributed by atoms with Crippen molar-refractivity contribution in [3.05, 3.63) is 11.8 Å². The number of rotatable bonds is 1. The van der Waals surface area contributed by atoms with E-state index in [2.05, 4.69) is 15.9 Å². The molecular formula is C10H10BrClO3. The topological polar surface area (TPSA) is 43.4 Å². The van der Waals surface area contributed by atoms with Crippen molar-refractivity contribution in [2.24, 2.45) is 5.92 Å². The smallest absolute Gasteiger partial charge is 0.176 e. The van der Waals surface area contributed by atoms with Crippen LogP contribution in [0.2, 0.25) is 0 Å². The first-order valence-corrected chi connectivity index (χ1v) is 6.12. The van der Waals surface area contributed by atoms with Crippen molar-refractivity contribution in [3.63, 3.8) is 0 Å². The Morgan fingerprint density at radius 3 is 2.93 bits per heavy atom. The number of hydrogen-bond donors (Lipinski definition) is 0. The molecule has 1 heterocycles. The zero-order valence-corrected chi connectivity index (χ0v) is 10.2. The van der Waals surface area contributed by atoms with Gasteiger partial charge in [0, 0.05) is 5.38 Å². The maximum absolute atomic E-state index is 11.8. The standard InChI is InChI=1S/C10H10BrClO3/c11-8-2-6(12)1-7-9(14)5(3-13)4-15-10(7)8/h3-4,6-8,10H,1-2H2. The molecule has 0 aromatic carbocycles. The number of ketones is 1. The van der Waals surface area contributed by atoms with Crippen molar-refractivity contribution in [2.75, 3.05) is 0 Å². The maximum atomic E-state index is 11.8. The Labute approximate surface area is 101 Å². The van der Waals surface area contributed by atoms with Crippen LogP contribution in [0.5, 0.6) is 0 Å². The predicted molar refractivity (Wildman–Crippen MR) is 59.1 cm³/mol. The van der Waals surface area contributed by atoms with Crippen molar-refractivity contribution in [1.29, 1.82) is 0 Å². The molecule has 15 heavy (non-hydrogen) atoms. The lowest BCUT2D eigenvalue weighted by molar-refractivity contribution is -0.128. The number of halogens is 2. The van der Waals surface area contributed by atoms with Gasteiger partial charge in [-0.15, -0.1) is 11.6 Å². The van der Waals surface area contributed by atoms with Gasteiger partial charge in [-0.05, 0) is 12.8 Å².